The van der Waals surface area contributed by atoms with E-state index in [0.29, 0.717) is 12.8 Å². The van der Waals surface area contributed by atoms with Crippen LogP contribution in [0.4, 0.5) is 0 Å². The monoisotopic (exact) mass is 256 g/mol. The van der Waals surface area contributed by atoms with E-state index in [2.05, 4.69) is 47.0 Å². The summed E-state index contributed by atoms with van der Waals surface area (Å²) in [6.45, 7) is 18.4. The Balaban J connectivity index is 4.74. The van der Waals surface area contributed by atoms with E-state index in [1.165, 1.54) is 0 Å². The topological polar surface area (TPSA) is 29.5 Å². The molecule has 2 atom stereocenters. The van der Waals surface area contributed by atoms with E-state index in [0.717, 1.165) is 0 Å². The van der Waals surface area contributed by atoms with E-state index >= 15 is 0 Å². The van der Waals surface area contributed by atoms with Gasteiger partial charge in [-0.2, -0.15) is 0 Å². The highest BCUT2D eigenvalue weighted by molar-refractivity contribution is 6.74. The lowest BCUT2D eigenvalue weighted by Crippen LogP contribution is -2.46. The van der Waals surface area contributed by atoms with Crippen LogP contribution in [-0.4, -0.2) is 25.6 Å². The van der Waals surface area contributed by atoms with Gasteiger partial charge in [-0.3, -0.25) is 0 Å². The molecule has 0 aliphatic heterocycles. The van der Waals surface area contributed by atoms with Gasteiger partial charge < -0.3 is 9.53 Å². The Kier molecular flexibility index (Phi) is 6.38. The second-order valence-corrected chi connectivity index (χ2v) is 10.8. The van der Waals surface area contributed by atoms with Crippen LogP contribution >= 0.6 is 0 Å². The lowest BCUT2D eigenvalue weighted by atomic mass is 10.1. The molecule has 0 rings (SSSR count). The maximum absolute atomic E-state index is 10.0. The molecule has 0 fully saturated rings. The van der Waals surface area contributed by atoms with Crippen LogP contribution in [0.15, 0.2) is 25.3 Å². The number of hydrogen-bond acceptors (Lipinski definition) is 2. The van der Waals surface area contributed by atoms with Crippen molar-refractivity contribution in [1.82, 2.24) is 0 Å². The van der Waals surface area contributed by atoms with Gasteiger partial charge in [-0.05, 0) is 31.0 Å². The summed E-state index contributed by atoms with van der Waals surface area (Å²) in [4.78, 5) is 0. The molecule has 0 saturated carbocycles. The quantitative estimate of drug-likeness (QED) is 0.553. The predicted octanol–water partition coefficient (Wildman–Crippen LogP) is 3.89. The van der Waals surface area contributed by atoms with Gasteiger partial charge in [0, 0.05) is 0 Å². The summed E-state index contributed by atoms with van der Waals surface area (Å²) in [7, 11) is -1.84. The first-order chi connectivity index (χ1) is 7.65. The van der Waals surface area contributed by atoms with Crippen LogP contribution in [-0.2, 0) is 4.43 Å². The van der Waals surface area contributed by atoms with Crippen molar-refractivity contribution in [3.63, 3.8) is 0 Å². The standard InChI is InChI=1S/C14H28O2Si/c1-8-10-12(15)13(11-9-2)16-17(6,7)14(3,4)5/h8-9,12-13,15H,1-2,10-11H2,3-7H3/t12-,13-/m1/s1. The second kappa shape index (κ2) is 6.52. The van der Waals surface area contributed by atoms with Crippen molar-refractivity contribution < 1.29 is 9.53 Å². The van der Waals surface area contributed by atoms with Gasteiger partial charge in [0.25, 0.3) is 0 Å². The Labute approximate surface area is 108 Å². The van der Waals surface area contributed by atoms with Crippen LogP contribution in [0.3, 0.4) is 0 Å². The summed E-state index contributed by atoms with van der Waals surface area (Å²) in [6, 6.07) is 0. The summed E-state index contributed by atoms with van der Waals surface area (Å²) in [6.07, 6.45) is 4.14. The van der Waals surface area contributed by atoms with Crippen molar-refractivity contribution in [3.8, 4) is 0 Å². The zero-order valence-electron chi connectivity index (χ0n) is 12.0. The normalized spacial score (nSPS) is 16.4. The first-order valence-corrected chi connectivity index (χ1v) is 9.14. The van der Waals surface area contributed by atoms with Crippen LogP contribution in [0.25, 0.3) is 0 Å². The summed E-state index contributed by atoms with van der Waals surface area (Å²) < 4.78 is 6.23. The number of hydrogen-bond donors (Lipinski definition) is 1. The van der Waals surface area contributed by atoms with Gasteiger partial charge in [-0.25, -0.2) is 0 Å². The fraction of sp³-hybridized carbons (Fsp3) is 0.714. The molecule has 3 heteroatoms. The van der Waals surface area contributed by atoms with Gasteiger partial charge in [0.05, 0.1) is 12.2 Å². The molecule has 17 heavy (non-hydrogen) atoms. The maximum atomic E-state index is 10.0. The molecule has 0 bridgehead atoms. The van der Waals surface area contributed by atoms with Crippen LogP contribution < -0.4 is 0 Å². The van der Waals surface area contributed by atoms with E-state index in [-0.39, 0.29) is 11.1 Å². The minimum atomic E-state index is -1.84. The van der Waals surface area contributed by atoms with Gasteiger partial charge in [-0.1, -0.05) is 32.9 Å². The van der Waals surface area contributed by atoms with Gasteiger partial charge in [-0.15, -0.1) is 13.2 Å². The molecular weight excluding hydrogens is 228 g/mol. The van der Waals surface area contributed by atoms with Crippen molar-refractivity contribution >= 4 is 8.32 Å². The largest absolute Gasteiger partial charge is 0.411 e. The number of rotatable bonds is 7. The highest BCUT2D eigenvalue weighted by atomic mass is 28.4. The fourth-order valence-corrected chi connectivity index (χ4v) is 2.69. The molecule has 0 aromatic carbocycles. The molecule has 0 unspecified atom stereocenters. The van der Waals surface area contributed by atoms with Crippen molar-refractivity contribution in [1.29, 1.82) is 0 Å². The predicted molar refractivity (Wildman–Crippen MR) is 77.7 cm³/mol. The van der Waals surface area contributed by atoms with E-state index in [4.69, 9.17) is 4.43 Å². The zero-order valence-corrected chi connectivity index (χ0v) is 13.0. The summed E-state index contributed by atoms with van der Waals surface area (Å²) in [5.74, 6) is 0. The van der Waals surface area contributed by atoms with Crippen molar-refractivity contribution in [2.24, 2.45) is 0 Å². The Morgan fingerprint density at radius 2 is 1.65 bits per heavy atom. The smallest absolute Gasteiger partial charge is 0.192 e. The molecule has 0 radical (unpaired) electrons. The highest BCUT2D eigenvalue weighted by Crippen LogP contribution is 2.38. The summed E-state index contributed by atoms with van der Waals surface area (Å²) >= 11 is 0. The summed E-state index contributed by atoms with van der Waals surface area (Å²) in [5, 5.41) is 10.2. The van der Waals surface area contributed by atoms with E-state index in [1.807, 2.05) is 6.08 Å². The van der Waals surface area contributed by atoms with Crippen LogP contribution in [0, 0.1) is 0 Å². The van der Waals surface area contributed by atoms with Crippen LogP contribution in [0.2, 0.25) is 18.1 Å². The van der Waals surface area contributed by atoms with Gasteiger partial charge in [0.2, 0.25) is 0 Å². The maximum Gasteiger partial charge on any atom is 0.192 e. The fourth-order valence-electron chi connectivity index (χ4n) is 1.33. The Morgan fingerprint density at radius 1 is 1.18 bits per heavy atom. The minimum Gasteiger partial charge on any atom is -0.411 e. The van der Waals surface area contributed by atoms with Gasteiger partial charge >= 0.3 is 0 Å². The molecule has 100 valence electrons. The molecule has 0 aliphatic rings. The molecule has 0 amide bonds. The van der Waals surface area contributed by atoms with E-state index in [1.54, 1.807) is 6.08 Å². The lowest BCUT2D eigenvalue weighted by Gasteiger charge is -2.40. The van der Waals surface area contributed by atoms with Crippen molar-refractivity contribution in [3.05, 3.63) is 25.3 Å². The third kappa shape index (κ3) is 5.19. The minimum absolute atomic E-state index is 0.153. The zero-order chi connectivity index (χ0) is 13.7. The molecular formula is C14H28O2Si. The molecule has 0 heterocycles. The van der Waals surface area contributed by atoms with Crippen LogP contribution in [0.1, 0.15) is 33.6 Å². The molecule has 2 nitrogen and oxygen atoms in total. The third-order valence-corrected chi connectivity index (χ3v) is 7.99. The highest BCUT2D eigenvalue weighted by Gasteiger charge is 2.40. The SMILES string of the molecule is C=CC[C@@H](O)[C@@H](CC=C)O[Si](C)(C)C(C)(C)C. The molecule has 0 aromatic heterocycles. The average molecular weight is 256 g/mol. The van der Waals surface area contributed by atoms with Crippen molar-refractivity contribution in [2.45, 2.75) is 64.0 Å². The second-order valence-electron chi connectivity index (χ2n) is 6.03. The van der Waals surface area contributed by atoms with Crippen molar-refractivity contribution in [2.75, 3.05) is 0 Å². The number of aliphatic hydroxyl groups is 1. The lowest BCUT2D eigenvalue weighted by molar-refractivity contribution is 0.0315. The van der Waals surface area contributed by atoms with E-state index in [9.17, 15) is 5.11 Å². The molecule has 0 spiro atoms. The Morgan fingerprint density at radius 3 is 2.00 bits per heavy atom. The average Bonchev–Trinajstić information content (AvgIpc) is 2.15. The van der Waals surface area contributed by atoms with E-state index < -0.39 is 14.4 Å². The van der Waals surface area contributed by atoms with Gasteiger partial charge in [0.15, 0.2) is 8.32 Å². The summed E-state index contributed by atoms with van der Waals surface area (Å²) in [5.41, 5.74) is 0. The molecule has 0 aromatic rings. The van der Waals surface area contributed by atoms with Gasteiger partial charge in [0.1, 0.15) is 0 Å². The molecule has 0 saturated heterocycles. The Bertz CT molecular complexity index is 253. The first kappa shape index (κ1) is 16.6. The first-order valence-electron chi connectivity index (χ1n) is 6.23. The van der Waals surface area contributed by atoms with Crippen LogP contribution in [0.5, 0.6) is 0 Å². The molecule has 0 aliphatic carbocycles. The number of aliphatic hydroxyl groups excluding tert-OH is 1. The molecule has 1 N–H and O–H groups in total. The third-order valence-electron chi connectivity index (χ3n) is 3.49. The Hall–Kier alpha value is -0.383.